The first-order chi connectivity index (χ1) is 7.88. The summed E-state index contributed by atoms with van der Waals surface area (Å²) in [5.41, 5.74) is 1.18. The van der Waals surface area contributed by atoms with Crippen LogP contribution in [0.15, 0.2) is 24.3 Å². The SMILES string of the molecule is COc1ccc(NCC2CCNCC2)cc1. The van der Waals surface area contributed by atoms with Crippen LogP contribution in [0.2, 0.25) is 0 Å². The van der Waals surface area contributed by atoms with Gasteiger partial charge in [0.1, 0.15) is 5.75 Å². The number of anilines is 1. The van der Waals surface area contributed by atoms with E-state index in [1.807, 2.05) is 12.1 Å². The van der Waals surface area contributed by atoms with Gasteiger partial charge in [0.05, 0.1) is 7.11 Å². The first-order valence-corrected chi connectivity index (χ1v) is 5.97. The maximum Gasteiger partial charge on any atom is 0.119 e. The first-order valence-electron chi connectivity index (χ1n) is 5.97. The molecule has 1 aliphatic rings. The van der Waals surface area contributed by atoms with Gasteiger partial charge in [-0.3, -0.25) is 0 Å². The van der Waals surface area contributed by atoms with E-state index >= 15 is 0 Å². The van der Waals surface area contributed by atoms with Crippen molar-refractivity contribution in [1.82, 2.24) is 5.32 Å². The number of benzene rings is 1. The topological polar surface area (TPSA) is 33.3 Å². The maximum absolute atomic E-state index is 5.13. The Morgan fingerprint density at radius 3 is 2.56 bits per heavy atom. The van der Waals surface area contributed by atoms with E-state index in [0.29, 0.717) is 0 Å². The first kappa shape index (κ1) is 11.3. The number of rotatable bonds is 4. The molecule has 0 aromatic heterocycles. The highest BCUT2D eigenvalue weighted by atomic mass is 16.5. The standard InChI is InChI=1S/C13H20N2O/c1-16-13-4-2-12(3-5-13)15-10-11-6-8-14-9-7-11/h2-5,11,14-15H,6-10H2,1H3. The molecular formula is C13H20N2O. The summed E-state index contributed by atoms with van der Waals surface area (Å²) in [6.45, 7) is 3.40. The number of nitrogens with one attached hydrogen (secondary N) is 2. The van der Waals surface area contributed by atoms with Crippen LogP contribution in [-0.2, 0) is 0 Å². The monoisotopic (exact) mass is 220 g/mol. The van der Waals surface area contributed by atoms with E-state index < -0.39 is 0 Å². The molecule has 16 heavy (non-hydrogen) atoms. The Balaban J connectivity index is 1.79. The summed E-state index contributed by atoms with van der Waals surface area (Å²) in [6, 6.07) is 8.12. The molecule has 0 aliphatic carbocycles. The van der Waals surface area contributed by atoms with Crippen molar-refractivity contribution in [3.8, 4) is 5.75 Å². The highest BCUT2D eigenvalue weighted by Gasteiger charge is 2.12. The molecule has 1 aliphatic heterocycles. The summed E-state index contributed by atoms with van der Waals surface area (Å²) in [6.07, 6.45) is 2.56. The second-order valence-corrected chi connectivity index (χ2v) is 4.30. The van der Waals surface area contributed by atoms with Gasteiger partial charge in [-0.05, 0) is 56.1 Å². The lowest BCUT2D eigenvalue weighted by Gasteiger charge is -2.23. The normalized spacial score (nSPS) is 17.1. The lowest BCUT2D eigenvalue weighted by Crippen LogP contribution is -2.31. The van der Waals surface area contributed by atoms with Crippen molar-refractivity contribution in [2.75, 3.05) is 32.1 Å². The third-order valence-electron chi connectivity index (χ3n) is 3.14. The Bertz CT molecular complexity index is 304. The van der Waals surface area contributed by atoms with Crippen LogP contribution in [0.25, 0.3) is 0 Å². The van der Waals surface area contributed by atoms with Gasteiger partial charge in [0, 0.05) is 12.2 Å². The summed E-state index contributed by atoms with van der Waals surface area (Å²) >= 11 is 0. The van der Waals surface area contributed by atoms with Crippen molar-refractivity contribution in [3.05, 3.63) is 24.3 Å². The second kappa shape index (κ2) is 5.75. The molecule has 0 amide bonds. The van der Waals surface area contributed by atoms with E-state index in [9.17, 15) is 0 Å². The molecule has 1 aromatic rings. The van der Waals surface area contributed by atoms with Crippen molar-refractivity contribution in [2.45, 2.75) is 12.8 Å². The summed E-state index contributed by atoms with van der Waals surface area (Å²) in [5, 5.41) is 6.87. The molecule has 1 heterocycles. The predicted octanol–water partition coefficient (Wildman–Crippen LogP) is 2.11. The lowest BCUT2D eigenvalue weighted by molar-refractivity contribution is 0.390. The number of methoxy groups -OCH3 is 1. The zero-order valence-corrected chi connectivity index (χ0v) is 9.83. The fraction of sp³-hybridized carbons (Fsp3) is 0.538. The van der Waals surface area contributed by atoms with Gasteiger partial charge in [-0.2, -0.15) is 0 Å². The molecule has 0 radical (unpaired) electrons. The van der Waals surface area contributed by atoms with Gasteiger partial charge < -0.3 is 15.4 Å². The van der Waals surface area contributed by atoms with Crippen LogP contribution >= 0.6 is 0 Å². The molecule has 1 saturated heterocycles. The molecule has 1 fully saturated rings. The molecule has 2 rings (SSSR count). The van der Waals surface area contributed by atoms with Gasteiger partial charge in [-0.25, -0.2) is 0 Å². The minimum atomic E-state index is 0.809. The van der Waals surface area contributed by atoms with Crippen molar-refractivity contribution in [2.24, 2.45) is 5.92 Å². The molecule has 3 heteroatoms. The molecule has 0 saturated carbocycles. The summed E-state index contributed by atoms with van der Waals surface area (Å²) in [4.78, 5) is 0. The third kappa shape index (κ3) is 3.14. The zero-order valence-electron chi connectivity index (χ0n) is 9.83. The highest BCUT2D eigenvalue weighted by Crippen LogP contribution is 2.17. The van der Waals surface area contributed by atoms with E-state index in [1.54, 1.807) is 7.11 Å². The number of hydrogen-bond donors (Lipinski definition) is 2. The third-order valence-corrected chi connectivity index (χ3v) is 3.14. The Morgan fingerprint density at radius 2 is 1.94 bits per heavy atom. The van der Waals surface area contributed by atoms with Crippen molar-refractivity contribution >= 4 is 5.69 Å². The van der Waals surface area contributed by atoms with E-state index in [1.165, 1.54) is 18.5 Å². The molecule has 0 atom stereocenters. The second-order valence-electron chi connectivity index (χ2n) is 4.30. The Morgan fingerprint density at radius 1 is 1.25 bits per heavy atom. The summed E-state index contributed by atoms with van der Waals surface area (Å²) in [5.74, 6) is 1.72. The average Bonchev–Trinajstić information content (AvgIpc) is 2.38. The number of piperidine rings is 1. The van der Waals surface area contributed by atoms with Crippen LogP contribution in [0.5, 0.6) is 5.75 Å². The van der Waals surface area contributed by atoms with Crippen molar-refractivity contribution < 1.29 is 4.74 Å². The Kier molecular flexibility index (Phi) is 4.05. The van der Waals surface area contributed by atoms with Crippen LogP contribution in [0, 0.1) is 5.92 Å². The highest BCUT2D eigenvalue weighted by molar-refractivity contribution is 5.46. The molecule has 1 aromatic carbocycles. The van der Waals surface area contributed by atoms with Gasteiger partial charge in [-0.15, -0.1) is 0 Å². The van der Waals surface area contributed by atoms with Gasteiger partial charge in [0.15, 0.2) is 0 Å². The average molecular weight is 220 g/mol. The quantitative estimate of drug-likeness (QED) is 0.815. The lowest BCUT2D eigenvalue weighted by atomic mass is 9.98. The molecule has 88 valence electrons. The molecule has 2 N–H and O–H groups in total. The molecular weight excluding hydrogens is 200 g/mol. The zero-order chi connectivity index (χ0) is 11.2. The van der Waals surface area contributed by atoms with Gasteiger partial charge in [0.2, 0.25) is 0 Å². The number of ether oxygens (including phenoxy) is 1. The molecule has 0 bridgehead atoms. The summed E-state index contributed by atoms with van der Waals surface area (Å²) in [7, 11) is 1.69. The fourth-order valence-electron chi connectivity index (χ4n) is 2.06. The van der Waals surface area contributed by atoms with E-state index in [2.05, 4.69) is 22.8 Å². The minimum Gasteiger partial charge on any atom is -0.497 e. The van der Waals surface area contributed by atoms with Crippen LogP contribution in [-0.4, -0.2) is 26.7 Å². The van der Waals surface area contributed by atoms with Gasteiger partial charge in [0.25, 0.3) is 0 Å². The van der Waals surface area contributed by atoms with E-state index in [-0.39, 0.29) is 0 Å². The Hall–Kier alpha value is -1.22. The van der Waals surface area contributed by atoms with Gasteiger partial charge in [-0.1, -0.05) is 0 Å². The molecule has 0 unspecified atom stereocenters. The van der Waals surface area contributed by atoms with Crippen LogP contribution in [0.4, 0.5) is 5.69 Å². The minimum absolute atomic E-state index is 0.809. The largest absolute Gasteiger partial charge is 0.497 e. The molecule has 3 nitrogen and oxygen atoms in total. The summed E-state index contributed by atoms with van der Waals surface area (Å²) < 4.78 is 5.13. The Labute approximate surface area is 97.2 Å². The number of hydrogen-bond acceptors (Lipinski definition) is 3. The predicted molar refractivity (Wildman–Crippen MR) is 67.1 cm³/mol. The van der Waals surface area contributed by atoms with Crippen LogP contribution < -0.4 is 15.4 Å². The van der Waals surface area contributed by atoms with E-state index in [4.69, 9.17) is 4.74 Å². The van der Waals surface area contributed by atoms with Crippen LogP contribution in [0.3, 0.4) is 0 Å². The fourth-order valence-corrected chi connectivity index (χ4v) is 2.06. The van der Waals surface area contributed by atoms with E-state index in [0.717, 1.165) is 31.3 Å². The van der Waals surface area contributed by atoms with Crippen molar-refractivity contribution in [3.63, 3.8) is 0 Å². The smallest absolute Gasteiger partial charge is 0.119 e. The van der Waals surface area contributed by atoms with Gasteiger partial charge >= 0.3 is 0 Å². The molecule has 0 spiro atoms. The maximum atomic E-state index is 5.13. The van der Waals surface area contributed by atoms with Crippen molar-refractivity contribution in [1.29, 1.82) is 0 Å². The van der Waals surface area contributed by atoms with Crippen LogP contribution in [0.1, 0.15) is 12.8 Å².